The maximum absolute atomic E-state index is 12.7. The van der Waals surface area contributed by atoms with Crippen LogP contribution < -0.4 is 0 Å². The SMILES string of the molecule is CCCCN(C(=O)Cc1coc2cc(C)ccc12)C(C)CC. The number of nitrogens with zero attached hydrogens (tertiary/aromatic N) is 1. The van der Waals surface area contributed by atoms with Gasteiger partial charge in [-0.05, 0) is 38.3 Å². The van der Waals surface area contributed by atoms with Gasteiger partial charge in [0.2, 0.25) is 5.91 Å². The molecule has 3 nitrogen and oxygen atoms in total. The van der Waals surface area contributed by atoms with Gasteiger partial charge in [0.15, 0.2) is 0 Å². The first-order valence-electron chi connectivity index (χ1n) is 8.33. The van der Waals surface area contributed by atoms with Crippen LogP contribution >= 0.6 is 0 Å². The maximum atomic E-state index is 12.7. The summed E-state index contributed by atoms with van der Waals surface area (Å²) in [6, 6.07) is 6.43. The molecule has 1 aromatic carbocycles. The van der Waals surface area contributed by atoms with E-state index in [9.17, 15) is 4.79 Å². The Morgan fingerprint density at radius 2 is 2.09 bits per heavy atom. The number of carbonyl (C=O) groups is 1. The number of aryl methyl sites for hydroxylation is 1. The number of unbranched alkanes of at least 4 members (excludes halogenated alkanes) is 1. The van der Waals surface area contributed by atoms with E-state index >= 15 is 0 Å². The molecular weight excluding hydrogens is 274 g/mol. The molecule has 0 bridgehead atoms. The van der Waals surface area contributed by atoms with E-state index in [1.54, 1.807) is 6.26 Å². The fourth-order valence-corrected chi connectivity index (χ4v) is 2.73. The Kier molecular flexibility index (Phi) is 5.64. The van der Waals surface area contributed by atoms with Gasteiger partial charge in [0.1, 0.15) is 5.58 Å². The molecule has 1 amide bonds. The standard InChI is InChI=1S/C19H27NO2/c1-5-7-10-20(15(4)6-2)19(21)12-16-13-22-18-11-14(3)8-9-17(16)18/h8-9,11,13,15H,5-7,10,12H2,1-4H3. The second kappa shape index (κ2) is 7.48. The molecule has 22 heavy (non-hydrogen) atoms. The lowest BCUT2D eigenvalue weighted by atomic mass is 10.1. The maximum Gasteiger partial charge on any atom is 0.227 e. The Labute approximate surface area is 133 Å². The summed E-state index contributed by atoms with van der Waals surface area (Å²) in [4.78, 5) is 14.7. The third-order valence-corrected chi connectivity index (χ3v) is 4.35. The number of carbonyl (C=O) groups excluding carboxylic acids is 1. The summed E-state index contributed by atoms with van der Waals surface area (Å²) >= 11 is 0. The summed E-state index contributed by atoms with van der Waals surface area (Å²) < 4.78 is 5.61. The van der Waals surface area contributed by atoms with Crippen LogP contribution in [-0.2, 0) is 11.2 Å². The second-order valence-corrected chi connectivity index (χ2v) is 6.14. The summed E-state index contributed by atoms with van der Waals surface area (Å²) in [5, 5.41) is 1.05. The Hall–Kier alpha value is -1.77. The first-order valence-corrected chi connectivity index (χ1v) is 8.33. The van der Waals surface area contributed by atoms with E-state index in [-0.39, 0.29) is 5.91 Å². The summed E-state index contributed by atoms with van der Waals surface area (Å²) in [7, 11) is 0. The van der Waals surface area contributed by atoms with Gasteiger partial charge in [-0.15, -0.1) is 0 Å². The highest BCUT2D eigenvalue weighted by atomic mass is 16.3. The van der Waals surface area contributed by atoms with E-state index in [1.807, 2.05) is 17.9 Å². The lowest BCUT2D eigenvalue weighted by molar-refractivity contribution is -0.132. The van der Waals surface area contributed by atoms with Gasteiger partial charge in [0.05, 0.1) is 12.7 Å². The molecule has 0 radical (unpaired) electrons. The lowest BCUT2D eigenvalue weighted by Crippen LogP contribution is -2.39. The molecule has 0 fully saturated rings. The normalized spacial score (nSPS) is 12.5. The zero-order chi connectivity index (χ0) is 16.1. The van der Waals surface area contributed by atoms with Crippen molar-refractivity contribution in [2.75, 3.05) is 6.54 Å². The molecule has 2 rings (SSSR count). The summed E-state index contributed by atoms with van der Waals surface area (Å²) in [6.07, 6.45) is 5.30. The van der Waals surface area contributed by atoms with Crippen LogP contribution in [0.3, 0.4) is 0 Å². The Morgan fingerprint density at radius 1 is 1.32 bits per heavy atom. The average molecular weight is 301 g/mol. The molecule has 1 unspecified atom stereocenters. The quantitative estimate of drug-likeness (QED) is 0.742. The molecule has 1 aromatic heterocycles. The van der Waals surface area contributed by atoms with Crippen LogP contribution in [0, 0.1) is 6.92 Å². The Bertz CT molecular complexity index is 629. The highest BCUT2D eigenvalue weighted by molar-refractivity contribution is 5.88. The van der Waals surface area contributed by atoms with Crippen molar-refractivity contribution in [1.29, 1.82) is 0 Å². The molecule has 0 aliphatic carbocycles. The van der Waals surface area contributed by atoms with Gasteiger partial charge in [-0.2, -0.15) is 0 Å². The molecule has 2 aromatic rings. The van der Waals surface area contributed by atoms with Gasteiger partial charge in [-0.25, -0.2) is 0 Å². The number of benzene rings is 1. The number of rotatable bonds is 7. The molecule has 3 heteroatoms. The number of hydrogen-bond donors (Lipinski definition) is 0. The van der Waals surface area contributed by atoms with E-state index in [2.05, 4.69) is 32.9 Å². The monoisotopic (exact) mass is 301 g/mol. The molecular formula is C19H27NO2. The fraction of sp³-hybridized carbons (Fsp3) is 0.526. The summed E-state index contributed by atoms with van der Waals surface area (Å²) in [6.45, 7) is 9.31. The van der Waals surface area contributed by atoms with Gasteiger partial charge in [0.25, 0.3) is 0 Å². The minimum Gasteiger partial charge on any atom is -0.464 e. The molecule has 1 atom stereocenters. The molecule has 0 aliphatic heterocycles. The van der Waals surface area contributed by atoms with Crippen molar-refractivity contribution in [2.24, 2.45) is 0 Å². The van der Waals surface area contributed by atoms with Crippen molar-refractivity contribution in [3.63, 3.8) is 0 Å². The van der Waals surface area contributed by atoms with Crippen molar-refractivity contribution in [3.8, 4) is 0 Å². The minimum absolute atomic E-state index is 0.200. The van der Waals surface area contributed by atoms with Crippen molar-refractivity contribution in [1.82, 2.24) is 4.90 Å². The second-order valence-electron chi connectivity index (χ2n) is 6.14. The summed E-state index contributed by atoms with van der Waals surface area (Å²) in [5.41, 5.74) is 3.03. The van der Waals surface area contributed by atoms with Crippen LogP contribution in [0.5, 0.6) is 0 Å². The Morgan fingerprint density at radius 3 is 2.77 bits per heavy atom. The van der Waals surface area contributed by atoms with Gasteiger partial charge in [-0.1, -0.05) is 32.4 Å². The van der Waals surface area contributed by atoms with E-state index in [0.29, 0.717) is 12.5 Å². The average Bonchev–Trinajstić information content (AvgIpc) is 2.89. The van der Waals surface area contributed by atoms with Gasteiger partial charge >= 0.3 is 0 Å². The van der Waals surface area contributed by atoms with Crippen LogP contribution in [0.4, 0.5) is 0 Å². The first-order chi connectivity index (χ1) is 10.6. The third-order valence-electron chi connectivity index (χ3n) is 4.35. The van der Waals surface area contributed by atoms with Crippen LogP contribution in [0.25, 0.3) is 11.0 Å². The number of fused-ring (bicyclic) bond motifs is 1. The molecule has 0 saturated heterocycles. The van der Waals surface area contributed by atoms with Crippen molar-refractivity contribution >= 4 is 16.9 Å². The first kappa shape index (κ1) is 16.6. The third kappa shape index (κ3) is 3.70. The number of hydrogen-bond acceptors (Lipinski definition) is 2. The van der Waals surface area contributed by atoms with E-state index in [4.69, 9.17) is 4.42 Å². The zero-order valence-corrected chi connectivity index (χ0v) is 14.2. The molecule has 120 valence electrons. The van der Waals surface area contributed by atoms with E-state index < -0.39 is 0 Å². The number of amides is 1. The highest BCUT2D eigenvalue weighted by Crippen LogP contribution is 2.23. The molecule has 0 spiro atoms. The zero-order valence-electron chi connectivity index (χ0n) is 14.2. The molecule has 0 saturated carbocycles. The molecule has 0 N–H and O–H groups in total. The predicted octanol–water partition coefficient (Wildman–Crippen LogP) is 4.71. The van der Waals surface area contributed by atoms with Crippen LogP contribution in [0.2, 0.25) is 0 Å². The van der Waals surface area contributed by atoms with E-state index in [1.165, 1.54) is 5.56 Å². The van der Waals surface area contributed by atoms with Crippen molar-refractivity contribution < 1.29 is 9.21 Å². The summed E-state index contributed by atoms with van der Waals surface area (Å²) in [5.74, 6) is 0.200. The van der Waals surface area contributed by atoms with Gasteiger partial charge in [0, 0.05) is 23.5 Å². The van der Waals surface area contributed by atoms with Crippen molar-refractivity contribution in [2.45, 2.75) is 59.4 Å². The minimum atomic E-state index is 0.200. The topological polar surface area (TPSA) is 33.5 Å². The largest absolute Gasteiger partial charge is 0.464 e. The van der Waals surface area contributed by atoms with Gasteiger partial charge < -0.3 is 9.32 Å². The van der Waals surface area contributed by atoms with Crippen LogP contribution in [0.15, 0.2) is 28.9 Å². The number of furan rings is 1. The highest BCUT2D eigenvalue weighted by Gasteiger charge is 2.20. The van der Waals surface area contributed by atoms with Gasteiger partial charge in [-0.3, -0.25) is 4.79 Å². The lowest BCUT2D eigenvalue weighted by Gasteiger charge is -2.28. The Balaban J connectivity index is 2.17. The predicted molar refractivity (Wildman–Crippen MR) is 91.0 cm³/mol. The molecule has 0 aliphatic rings. The molecule has 1 heterocycles. The smallest absolute Gasteiger partial charge is 0.227 e. The van der Waals surface area contributed by atoms with Crippen LogP contribution in [-0.4, -0.2) is 23.4 Å². The van der Waals surface area contributed by atoms with Crippen molar-refractivity contribution in [3.05, 3.63) is 35.6 Å². The van der Waals surface area contributed by atoms with E-state index in [0.717, 1.165) is 42.3 Å². The van der Waals surface area contributed by atoms with Crippen LogP contribution in [0.1, 0.15) is 51.2 Å². The fourth-order valence-electron chi connectivity index (χ4n) is 2.73.